The van der Waals surface area contributed by atoms with Crippen LogP contribution >= 0.6 is 0 Å². The highest BCUT2D eigenvalue weighted by atomic mass is 32.2. The molecule has 10 heteroatoms. The van der Waals surface area contributed by atoms with Gasteiger partial charge in [0.25, 0.3) is 15.9 Å². The Balaban J connectivity index is 1.75. The second kappa shape index (κ2) is 8.97. The zero-order valence-electron chi connectivity index (χ0n) is 17.8. The Morgan fingerprint density at radius 1 is 0.968 bits per heavy atom. The molecule has 0 aromatic heterocycles. The first-order chi connectivity index (χ1) is 14.5. The summed E-state index contributed by atoms with van der Waals surface area (Å²) in [6.45, 7) is 6.22. The van der Waals surface area contributed by atoms with Crippen LogP contribution in [0.15, 0.2) is 47.4 Å². The molecule has 0 unspecified atom stereocenters. The van der Waals surface area contributed by atoms with Crippen LogP contribution in [-0.4, -0.2) is 63.9 Å². The van der Waals surface area contributed by atoms with Crippen LogP contribution in [0.3, 0.4) is 0 Å². The number of hydrogen-bond donors (Lipinski definition) is 1. The van der Waals surface area contributed by atoms with E-state index < -0.39 is 20.0 Å². The average Bonchev–Trinajstić information content (AvgIpc) is 2.74. The van der Waals surface area contributed by atoms with Crippen LogP contribution in [0, 0.1) is 13.8 Å². The molecule has 168 valence electrons. The van der Waals surface area contributed by atoms with Crippen LogP contribution < -0.4 is 4.72 Å². The Kier molecular flexibility index (Phi) is 6.73. The number of anilines is 1. The number of amides is 1. The fourth-order valence-electron chi connectivity index (χ4n) is 3.46. The van der Waals surface area contributed by atoms with Gasteiger partial charge in [-0.2, -0.15) is 4.31 Å². The van der Waals surface area contributed by atoms with Crippen LogP contribution in [0.4, 0.5) is 5.69 Å². The molecule has 0 saturated carbocycles. The van der Waals surface area contributed by atoms with Gasteiger partial charge in [-0.25, -0.2) is 16.8 Å². The first-order valence-corrected chi connectivity index (χ1v) is 13.1. The quantitative estimate of drug-likeness (QED) is 0.704. The van der Waals surface area contributed by atoms with Crippen LogP contribution in [0.2, 0.25) is 0 Å². The highest BCUT2D eigenvalue weighted by molar-refractivity contribution is 7.92. The number of hydrogen-bond acceptors (Lipinski definition) is 5. The number of aryl methyl sites for hydroxylation is 2. The topological polar surface area (TPSA) is 104 Å². The summed E-state index contributed by atoms with van der Waals surface area (Å²) >= 11 is 0. The van der Waals surface area contributed by atoms with Crippen LogP contribution in [0.5, 0.6) is 0 Å². The third kappa shape index (κ3) is 5.25. The first-order valence-electron chi connectivity index (χ1n) is 10.0. The van der Waals surface area contributed by atoms with Crippen molar-refractivity contribution in [2.45, 2.75) is 25.7 Å². The number of carbonyl (C=O) groups is 1. The van der Waals surface area contributed by atoms with E-state index in [2.05, 4.69) is 4.72 Å². The number of benzene rings is 2. The van der Waals surface area contributed by atoms with Gasteiger partial charge < -0.3 is 4.90 Å². The predicted molar refractivity (Wildman–Crippen MR) is 120 cm³/mol. The van der Waals surface area contributed by atoms with Gasteiger partial charge in [-0.1, -0.05) is 18.2 Å². The molecule has 1 fully saturated rings. The summed E-state index contributed by atoms with van der Waals surface area (Å²) in [5.41, 5.74) is 2.09. The molecule has 0 radical (unpaired) electrons. The number of nitrogens with one attached hydrogen (secondary N) is 1. The molecular weight excluding hydrogens is 438 g/mol. The molecule has 0 bridgehead atoms. The summed E-state index contributed by atoms with van der Waals surface area (Å²) in [6.07, 6.45) is 0. The first kappa shape index (κ1) is 23.2. The summed E-state index contributed by atoms with van der Waals surface area (Å²) < 4.78 is 53.6. The fourth-order valence-corrected chi connectivity index (χ4v) is 5.92. The summed E-state index contributed by atoms with van der Waals surface area (Å²) in [5, 5.41) is 0. The maximum atomic E-state index is 12.9. The molecule has 0 atom stereocenters. The second-order valence-corrected chi connectivity index (χ2v) is 11.5. The summed E-state index contributed by atoms with van der Waals surface area (Å²) in [7, 11) is -7.09. The van der Waals surface area contributed by atoms with Crippen LogP contribution in [-0.2, 0) is 20.0 Å². The minimum atomic E-state index is -3.81. The van der Waals surface area contributed by atoms with Gasteiger partial charge in [-0.3, -0.25) is 9.52 Å². The van der Waals surface area contributed by atoms with Crippen LogP contribution in [0.25, 0.3) is 0 Å². The van der Waals surface area contributed by atoms with Gasteiger partial charge in [0.1, 0.15) is 0 Å². The lowest BCUT2D eigenvalue weighted by Gasteiger charge is -2.33. The Bertz CT molecular complexity index is 1190. The van der Waals surface area contributed by atoms with Crippen molar-refractivity contribution in [3.63, 3.8) is 0 Å². The smallest absolute Gasteiger partial charge is 0.262 e. The highest BCUT2D eigenvalue weighted by Gasteiger charge is 2.28. The molecular formula is C21H27N3O5S2. The number of carbonyl (C=O) groups excluding carboxylic acids is 1. The fraction of sp³-hybridized carbons (Fsp3) is 0.381. The van der Waals surface area contributed by atoms with E-state index in [1.54, 1.807) is 49.1 Å². The third-order valence-electron chi connectivity index (χ3n) is 5.28. The summed E-state index contributed by atoms with van der Waals surface area (Å²) in [4.78, 5) is 14.7. The molecule has 1 heterocycles. The Morgan fingerprint density at radius 3 is 2.29 bits per heavy atom. The molecule has 1 aliphatic heterocycles. The SMILES string of the molecule is CCS(=O)(=O)N1CCN(C(=O)c2cccc(NS(=O)(=O)c3cc(C)ccc3C)c2)CC1. The Labute approximate surface area is 184 Å². The van der Waals surface area contributed by atoms with Crippen molar-refractivity contribution in [2.75, 3.05) is 36.7 Å². The summed E-state index contributed by atoms with van der Waals surface area (Å²) in [6, 6.07) is 11.5. The molecule has 1 amide bonds. The third-order valence-corrected chi connectivity index (χ3v) is 8.68. The molecule has 0 spiro atoms. The van der Waals surface area contributed by atoms with Crippen molar-refractivity contribution >= 4 is 31.6 Å². The van der Waals surface area contributed by atoms with Crippen LogP contribution in [0.1, 0.15) is 28.4 Å². The van der Waals surface area contributed by atoms with Crippen molar-refractivity contribution in [3.05, 3.63) is 59.2 Å². The zero-order chi connectivity index (χ0) is 22.8. The number of piperazine rings is 1. The lowest BCUT2D eigenvalue weighted by molar-refractivity contribution is 0.0698. The molecule has 1 aliphatic rings. The second-order valence-electron chi connectivity index (χ2n) is 7.55. The lowest BCUT2D eigenvalue weighted by Crippen LogP contribution is -2.50. The minimum Gasteiger partial charge on any atom is -0.336 e. The van der Waals surface area contributed by atoms with Gasteiger partial charge in [0.2, 0.25) is 10.0 Å². The van der Waals surface area contributed by atoms with Gasteiger partial charge in [0, 0.05) is 37.4 Å². The predicted octanol–water partition coefficient (Wildman–Crippen LogP) is 2.21. The van der Waals surface area contributed by atoms with Crippen molar-refractivity contribution < 1.29 is 21.6 Å². The lowest BCUT2D eigenvalue weighted by atomic mass is 10.1. The molecule has 0 aliphatic carbocycles. The Morgan fingerprint density at radius 2 is 1.65 bits per heavy atom. The molecule has 2 aromatic rings. The molecule has 1 N–H and O–H groups in total. The molecule has 2 aromatic carbocycles. The molecule has 31 heavy (non-hydrogen) atoms. The number of nitrogens with zero attached hydrogens (tertiary/aromatic N) is 2. The Hall–Kier alpha value is -2.43. The maximum Gasteiger partial charge on any atom is 0.262 e. The van der Waals surface area contributed by atoms with Crippen molar-refractivity contribution in [3.8, 4) is 0 Å². The largest absolute Gasteiger partial charge is 0.336 e. The van der Waals surface area contributed by atoms with E-state index in [4.69, 9.17) is 0 Å². The molecule has 3 rings (SSSR count). The standard InChI is InChI=1S/C21H27N3O5S2/c1-4-30(26,27)24-12-10-23(11-13-24)21(25)18-6-5-7-19(15-18)22-31(28,29)20-14-16(2)8-9-17(20)3/h5-9,14-15,22H,4,10-13H2,1-3H3. The minimum absolute atomic E-state index is 0.0313. The van der Waals surface area contributed by atoms with E-state index in [-0.39, 0.29) is 42.7 Å². The van der Waals surface area contributed by atoms with E-state index >= 15 is 0 Å². The van der Waals surface area contributed by atoms with Gasteiger partial charge >= 0.3 is 0 Å². The van der Waals surface area contributed by atoms with E-state index in [1.165, 1.54) is 10.4 Å². The average molecular weight is 466 g/mol. The van der Waals surface area contributed by atoms with Crippen molar-refractivity contribution in [1.29, 1.82) is 0 Å². The van der Waals surface area contributed by atoms with E-state index in [0.29, 0.717) is 16.8 Å². The van der Waals surface area contributed by atoms with E-state index in [9.17, 15) is 21.6 Å². The molecule has 1 saturated heterocycles. The van der Waals surface area contributed by atoms with Crippen molar-refractivity contribution in [1.82, 2.24) is 9.21 Å². The van der Waals surface area contributed by atoms with Gasteiger partial charge in [0.15, 0.2) is 0 Å². The van der Waals surface area contributed by atoms with E-state index in [1.807, 2.05) is 13.0 Å². The maximum absolute atomic E-state index is 12.9. The number of rotatable bonds is 6. The van der Waals surface area contributed by atoms with Gasteiger partial charge in [-0.15, -0.1) is 0 Å². The highest BCUT2D eigenvalue weighted by Crippen LogP contribution is 2.22. The van der Waals surface area contributed by atoms with E-state index in [0.717, 1.165) is 5.56 Å². The van der Waals surface area contributed by atoms with Crippen molar-refractivity contribution in [2.24, 2.45) is 0 Å². The number of sulfonamides is 2. The zero-order valence-corrected chi connectivity index (χ0v) is 19.5. The summed E-state index contributed by atoms with van der Waals surface area (Å²) in [5.74, 6) is -0.231. The molecule has 8 nitrogen and oxygen atoms in total. The monoisotopic (exact) mass is 465 g/mol. The van der Waals surface area contributed by atoms with Gasteiger partial charge in [0.05, 0.1) is 10.6 Å². The van der Waals surface area contributed by atoms with Gasteiger partial charge in [-0.05, 0) is 56.2 Å². The normalized spacial score (nSPS) is 15.6.